The molecule has 1 aliphatic heterocycles. The quantitative estimate of drug-likeness (QED) is 0.662. The Kier molecular flexibility index (Phi) is 6.95. The third-order valence-electron chi connectivity index (χ3n) is 5.03. The molecule has 0 aliphatic carbocycles. The van der Waals surface area contributed by atoms with E-state index in [0.29, 0.717) is 31.4 Å². The maximum absolute atomic E-state index is 12.9. The topological polar surface area (TPSA) is 89.9 Å². The molecule has 2 aromatic rings. The van der Waals surface area contributed by atoms with Crippen LogP contribution in [0.5, 0.6) is 0 Å². The fourth-order valence-electron chi connectivity index (χ4n) is 3.27. The Morgan fingerprint density at radius 3 is 2.00 bits per heavy atom. The van der Waals surface area contributed by atoms with Gasteiger partial charge in [0.15, 0.2) is 0 Å². The first-order valence-electron chi connectivity index (χ1n) is 9.68. The number of anilines is 1. The average Bonchev–Trinajstić information content (AvgIpc) is 3.05. The van der Waals surface area contributed by atoms with Gasteiger partial charge in [-0.15, -0.1) is 0 Å². The number of rotatable bonds is 7. The van der Waals surface area contributed by atoms with Crippen LogP contribution in [0.1, 0.15) is 24.0 Å². The summed E-state index contributed by atoms with van der Waals surface area (Å²) in [6.45, 7) is 0.339. The predicted octanol–water partition coefficient (Wildman–Crippen LogP) is 1.89. The van der Waals surface area contributed by atoms with Crippen LogP contribution in [0.25, 0.3) is 0 Å². The fourth-order valence-corrected chi connectivity index (χ4v) is 3.27. The number of carbonyl (C=O) groups is 2. The molecular formula is C22H25FN2O4. The van der Waals surface area contributed by atoms with Gasteiger partial charge in [0.05, 0.1) is 12.2 Å². The molecule has 2 atom stereocenters. The summed E-state index contributed by atoms with van der Waals surface area (Å²) in [7, 11) is 0. The molecule has 1 aliphatic rings. The van der Waals surface area contributed by atoms with Gasteiger partial charge >= 0.3 is 0 Å². The predicted molar refractivity (Wildman–Crippen MR) is 107 cm³/mol. The Labute approximate surface area is 169 Å². The number of hydrogen-bond donors (Lipinski definition) is 3. The van der Waals surface area contributed by atoms with Crippen molar-refractivity contribution in [1.82, 2.24) is 4.90 Å². The van der Waals surface area contributed by atoms with Gasteiger partial charge in [0.2, 0.25) is 11.8 Å². The number of benzene rings is 2. The van der Waals surface area contributed by atoms with Crippen LogP contribution in [0.15, 0.2) is 48.5 Å². The first-order valence-corrected chi connectivity index (χ1v) is 9.68. The van der Waals surface area contributed by atoms with Gasteiger partial charge in [0.1, 0.15) is 5.82 Å². The largest absolute Gasteiger partial charge is 0.388 e. The number of aliphatic hydroxyl groups excluding tert-OH is 2. The zero-order chi connectivity index (χ0) is 20.8. The minimum absolute atomic E-state index is 0.0984. The highest BCUT2D eigenvalue weighted by atomic mass is 19.1. The summed E-state index contributed by atoms with van der Waals surface area (Å²) in [6.07, 6.45) is -0.0695. The number of halogens is 1. The molecule has 3 N–H and O–H groups in total. The fraction of sp³-hybridized carbons (Fsp3) is 0.364. The molecule has 0 radical (unpaired) electrons. The second-order valence-corrected chi connectivity index (χ2v) is 7.30. The van der Waals surface area contributed by atoms with Crippen molar-refractivity contribution in [2.24, 2.45) is 0 Å². The number of amides is 2. The molecule has 2 amide bonds. The Morgan fingerprint density at radius 1 is 0.897 bits per heavy atom. The van der Waals surface area contributed by atoms with Crippen molar-refractivity contribution < 1.29 is 24.2 Å². The first-order chi connectivity index (χ1) is 13.9. The van der Waals surface area contributed by atoms with Crippen molar-refractivity contribution in [3.8, 4) is 0 Å². The number of nitrogens with one attached hydrogen (secondary N) is 1. The summed E-state index contributed by atoms with van der Waals surface area (Å²) in [5.74, 6) is -0.516. The third-order valence-corrected chi connectivity index (χ3v) is 5.03. The summed E-state index contributed by atoms with van der Waals surface area (Å²) in [5, 5.41) is 21.9. The molecule has 3 rings (SSSR count). The third kappa shape index (κ3) is 6.10. The lowest BCUT2D eigenvalue weighted by atomic mass is 10.1. The van der Waals surface area contributed by atoms with Gasteiger partial charge in [-0.3, -0.25) is 9.59 Å². The summed E-state index contributed by atoms with van der Waals surface area (Å²) < 4.78 is 12.9. The van der Waals surface area contributed by atoms with Crippen molar-refractivity contribution >= 4 is 17.5 Å². The molecule has 1 heterocycles. The van der Waals surface area contributed by atoms with Crippen molar-refractivity contribution in [3.05, 3.63) is 65.5 Å². The lowest BCUT2D eigenvalue weighted by Gasteiger charge is -2.15. The van der Waals surface area contributed by atoms with E-state index in [1.54, 1.807) is 24.3 Å². The molecule has 7 heteroatoms. The van der Waals surface area contributed by atoms with Gasteiger partial charge in [-0.2, -0.15) is 0 Å². The van der Waals surface area contributed by atoms with E-state index in [2.05, 4.69) is 5.32 Å². The minimum atomic E-state index is -0.870. The summed E-state index contributed by atoms with van der Waals surface area (Å²) >= 11 is 0. The van der Waals surface area contributed by atoms with E-state index < -0.39 is 12.2 Å². The van der Waals surface area contributed by atoms with Crippen LogP contribution in [-0.2, 0) is 22.4 Å². The summed E-state index contributed by atoms with van der Waals surface area (Å²) in [6, 6.07) is 13.4. The number of aliphatic hydroxyl groups is 2. The maximum atomic E-state index is 12.9. The van der Waals surface area contributed by atoms with E-state index in [0.717, 1.165) is 11.1 Å². The molecule has 0 bridgehead atoms. The van der Waals surface area contributed by atoms with Gasteiger partial charge in [-0.05, 0) is 48.2 Å². The zero-order valence-corrected chi connectivity index (χ0v) is 16.1. The number of carbonyl (C=O) groups excluding carboxylic acids is 2. The molecule has 0 aromatic heterocycles. The highest BCUT2D eigenvalue weighted by Crippen LogP contribution is 2.15. The minimum Gasteiger partial charge on any atom is -0.388 e. The van der Waals surface area contributed by atoms with E-state index in [-0.39, 0.29) is 30.7 Å². The van der Waals surface area contributed by atoms with Crippen LogP contribution in [0.3, 0.4) is 0 Å². The number of likely N-dealkylation sites (tertiary alicyclic amines) is 1. The second-order valence-electron chi connectivity index (χ2n) is 7.30. The molecule has 0 saturated carbocycles. The van der Waals surface area contributed by atoms with Crippen LogP contribution in [-0.4, -0.2) is 52.2 Å². The van der Waals surface area contributed by atoms with E-state index in [9.17, 15) is 24.2 Å². The lowest BCUT2D eigenvalue weighted by molar-refractivity contribution is -0.130. The molecule has 2 aromatic carbocycles. The Morgan fingerprint density at radius 2 is 1.41 bits per heavy atom. The van der Waals surface area contributed by atoms with Crippen molar-refractivity contribution in [2.75, 3.05) is 18.4 Å². The second kappa shape index (κ2) is 9.62. The summed E-state index contributed by atoms with van der Waals surface area (Å²) in [4.78, 5) is 25.7. The molecule has 154 valence electrons. The highest BCUT2D eigenvalue weighted by Gasteiger charge is 2.32. The maximum Gasteiger partial charge on any atom is 0.224 e. The van der Waals surface area contributed by atoms with Crippen LogP contribution in [0, 0.1) is 5.82 Å². The smallest absolute Gasteiger partial charge is 0.224 e. The molecule has 6 nitrogen and oxygen atoms in total. The van der Waals surface area contributed by atoms with Crippen molar-refractivity contribution in [2.45, 2.75) is 37.9 Å². The van der Waals surface area contributed by atoms with Gasteiger partial charge in [0.25, 0.3) is 0 Å². The Balaban J connectivity index is 1.41. The van der Waals surface area contributed by atoms with Crippen LogP contribution >= 0.6 is 0 Å². The number of aryl methyl sites for hydroxylation is 2. The van der Waals surface area contributed by atoms with Gasteiger partial charge in [-0.1, -0.05) is 24.3 Å². The molecule has 1 saturated heterocycles. The molecular weight excluding hydrogens is 375 g/mol. The normalized spacial score (nSPS) is 18.7. The lowest BCUT2D eigenvalue weighted by Crippen LogP contribution is -2.29. The molecule has 1 fully saturated rings. The van der Waals surface area contributed by atoms with E-state index in [1.165, 1.54) is 17.0 Å². The van der Waals surface area contributed by atoms with Crippen molar-refractivity contribution in [1.29, 1.82) is 0 Å². The average molecular weight is 400 g/mol. The monoisotopic (exact) mass is 400 g/mol. The molecule has 29 heavy (non-hydrogen) atoms. The first kappa shape index (κ1) is 21.0. The van der Waals surface area contributed by atoms with Gasteiger partial charge < -0.3 is 20.4 Å². The number of β-amino-alcohol motifs (C(OH)–C–C–N with tert-alkyl or cyclic N) is 2. The van der Waals surface area contributed by atoms with Crippen LogP contribution in [0.2, 0.25) is 0 Å². The van der Waals surface area contributed by atoms with Crippen LogP contribution in [0.4, 0.5) is 10.1 Å². The van der Waals surface area contributed by atoms with Gasteiger partial charge in [-0.25, -0.2) is 4.39 Å². The Bertz CT molecular complexity index is 829. The standard InChI is InChI=1S/C22H25FN2O4/c23-17-7-1-15(2-8-17)5-11-21(28)24-18-9-3-16(4-10-18)6-12-22(29)25-13-19(26)20(27)14-25/h1-4,7-10,19-20,26-27H,5-6,11-14H2,(H,24,28)/t19-,20-/m1/s1. The summed E-state index contributed by atoms with van der Waals surface area (Å²) in [5.41, 5.74) is 2.54. The molecule has 0 unspecified atom stereocenters. The molecule has 0 spiro atoms. The zero-order valence-electron chi connectivity index (χ0n) is 16.1. The Hall–Kier alpha value is -2.77. The van der Waals surface area contributed by atoms with E-state index in [4.69, 9.17) is 0 Å². The highest BCUT2D eigenvalue weighted by molar-refractivity contribution is 5.90. The number of nitrogens with zero attached hydrogens (tertiary/aromatic N) is 1. The SMILES string of the molecule is O=C(CCc1ccc(F)cc1)Nc1ccc(CCC(=O)N2C[C@@H](O)[C@H](O)C2)cc1. The number of hydrogen-bond acceptors (Lipinski definition) is 4. The van der Waals surface area contributed by atoms with Crippen LogP contribution < -0.4 is 5.32 Å². The van der Waals surface area contributed by atoms with E-state index >= 15 is 0 Å². The van der Waals surface area contributed by atoms with Gasteiger partial charge in [0, 0.05) is 31.6 Å². The van der Waals surface area contributed by atoms with E-state index in [1.807, 2.05) is 12.1 Å². The van der Waals surface area contributed by atoms with Crippen molar-refractivity contribution in [3.63, 3.8) is 0 Å².